The fourth-order valence-corrected chi connectivity index (χ4v) is 3.82. The molecule has 8 nitrogen and oxygen atoms in total. The first-order valence-corrected chi connectivity index (χ1v) is 9.16. The van der Waals surface area contributed by atoms with Crippen molar-refractivity contribution in [3.8, 4) is 0 Å². The van der Waals surface area contributed by atoms with Crippen molar-refractivity contribution >= 4 is 17.6 Å². The summed E-state index contributed by atoms with van der Waals surface area (Å²) in [5.41, 5.74) is 2.61. The van der Waals surface area contributed by atoms with Crippen LogP contribution >= 0.6 is 0 Å². The van der Waals surface area contributed by atoms with Gasteiger partial charge in [0, 0.05) is 25.0 Å². The van der Waals surface area contributed by atoms with Crippen molar-refractivity contribution in [1.82, 2.24) is 25.5 Å². The average molecular weight is 420 g/mol. The fourth-order valence-electron chi connectivity index (χ4n) is 3.82. The summed E-state index contributed by atoms with van der Waals surface area (Å²) in [4.78, 5) is 25.7. The molecule has 1 aromatic carbocycles. The van der Waals surface area contributed by atoms with E-state index in [1.807, 2.05) is 0 Å². The number of nitrogens with one attached hydrogen (secondary N) is 3. The van der Waals surface area contributed by atoms with Gasteiger partial charge in [0.25, 0.3) is 11.8 Å². The Bertz CT molecular complexity index is 1020. The molecule has 0 aliphatic carbocycles. The van der Waals surface area contributed by atoms with Gasteiger partial charge in [0.1, 0.15) is 17.8 Å². The zero-order chi connectivity index (χ0) is 21.6. The van der Waals surface area contributed by atoms with Crippen molar-refractivity contribution in [2.75, 3.05) is 5.32 Å². The number of rotatable bonds is 3. The second-order valence-corrected chi connectivity index (χ2v) is 7.18. The van der Waals surface area contributed by atoms with Crippen LogP contribution in [0, 0.1) is 0 Å². The van der Waals surface area contributed by atoms with Crippen LogP contribution in [0.25, 0.3) is 0 Å². The van der Waals surface area contributed by atoms with Gasteiger partial charge in [-0.05, 0) is 12.5 Å². The molecule has 0 spiro atoms. The van der Waals surface area contributed by atoms with Crippen LogP contribution in [0.3, 0.4) is 0 Å². The van der Waals surface area contributed by atoms with Crippen molar-refractivity contribution in [2.24, 2.45) is 7.05 Å². The molecule has 2 aliphatic rings. The minimum atomic E-state index is -4.61. The Balaban J connectivity index is 1.67. The highest BCUT2D eigenvalue weighted by Crippen LogP contribution is 2.41. The summed E-state index contributed by atoms with van der Waals surface area (Å²) in [7, 11) is 1.66. The molecule has 2 amide bonds. The molecular weight excluding hydrogens is 401 g/mol. The van der Waals surface area contributed by atoms with E-state index in [9.17, 15) is 22.8 Å². The lowest BCUT2D eigenvalue weighted by atomic mass is 9.89. The van der Waals surface area contributed by atoms with Crippen molar-refractivity contribution in [1.29, 1.82) is 0 Å². The van der Waals surface area contributed by atoms with Crippen molar-refractivity contribution in [2.45, 2.75) is 31.2 Å². The molecule has 4 rings (SSSR count). The summed E-state index contributed by atoms with van der Waals surface area (Å²) >= 11 is 0. The number of hydrazine groups is 1. The van der Waals surface area contributed by atoms with E-state index in [0.29, 0.717) is 5.56 Å². The number of alkyl halides is 3. The lowest BCUT2D eigenvalue weighted by Crippen LogP contribution is -2.56. The normalized spacial score (nSPS) is 24.0. The second-order valence-electron chi connectivity index (χ2n) is 7.18. The fraction of sp³-hybridized carbons (Fsp3) is 0.316. The summed E-state index contributed by atoms with van der Waals surface area (Å²) in [5, 5.41) is 10.3. The Kier molecular flexibility index (Phi) is 4.77. The number of aromatic nitrogens is 2. The van der Waals surface area contributed by atoms with Gasteiger partial charge in [-0.15, -0.1) is 0 Å². The largest absolute Gasteiger partial charge is 0.406 e. The molecule has 3 N–H and O–H groups in total. The molecule has 30 heavy (non-hydrogen) atoms. The maximum atomic E-state index is 13.8. The number of hydrogen-bond acceptors (Lipinski definition) is 5. The average Bonchev–Trinajstić information content (AvgIpc) is 3.26. The van der Waals surface area contributed by atoms with E-state index in [0.717, 1.165) is 5.01 Å². The SMILES string of the molecule is CC1=C(C(=O)Nc2ccn(C)n2)C(=O)N2NC(C(F)(F)F)C(c3ccccc3)C2N1. The molecular formula is C19H19F3N6O2. The zero-order valence-electron chi connectivity index (χ0n) is 16.1. The topological polar surface area (TPSA) is 91.3 Å². The third-order valence-corrected chi connectivity index (χ3v) is 5.15. The standard InChI is InChI=1S/C19H19F3N6O2/c1-10-13(17(29)24-12-8-9-27(2)25-12)18(30)28-16(23-10)14(11-6-4-3-5-7-11)15(26-28)19(20,21)22/h3-9,14-16,23,26H,1-2H3,(H,24,25,29). The highest BCUT2D eigenvalue weighted by atomic mass is 19.4. The van der Waals surface area contributed by atoms with Crippen molar-refractivity contribution in [3.05, 3.63) is 59.4 Å². The Morgan fingerprint density at radius 1 is 1.20 bits per heavy atom. The van der Waals surface area contributed by atoms with Gasteiger partial charge in [0.15, 0.2) is 5.82 Å². The molecule has 3 atom stereocenters. The molecule has 3 heterocycles. The number of halogens is 3. The Morgan fingerprint density at radius 3 is 2.50 bits per heavy atom. The van der Waals surface area contributed by atoms with E-state index in [4.69, 9.17) is 0 Å². The van der Waals surface area contributed by atoms with Crippen LogP contribution < -0.4 is 16.1 Å². The number of allylic oxidation sites excluding steroid dienone is 1. The first kappa shape index (κ1) is 20.0. The van der Waals surface area contributed by atoms with Gasteiger partial charge in [-0.2, -0.15) is 18.3 Å². The number of carbonyl (C=O) groups excluding carboxylic acids is 2. The van der Waals surface area contributed by atoms with Crippen LogP contribution in [0.5, 0.6) is 0 Å². The highest BCUT2D eigenvalue weighted by Gasteiger charge is 2.58. The Hall–Kier alpha value is -3.34. The van der Waals surface area contributed by atoms with Gasteiger partial charge in [0.2, 0.25) is 0 Å². The van der Waals surface area contributed by atoms with Gasteiger partial charge in [-0.3, -0.25) is 14.3 Å². The van der Waals surface area contributed by atoms with Crippen LogP contribution in [-0.4, -0.2) is 45.0 Å². The number of hydrogen-bond donors (Lipinski definition) is 3. The summed E-state index contributed by atoms with van der Waals surface area (Å²) < 4.78 is 42.8. The number of nitrogens with zero attached hydrogens (tertiary/aromatic N) is 3. The van der Waals surface area contributed by atoms with Gasteiger partial charge in [-0.1, -0.05) is 30.3 Å². The summed E-state index contributed by atoms with van der Waals surface area (Å²) in [6.45, 7) is 1.49. The third kappa shape index (κ3) is 3.41. The number of aryl methyl sites for hydroxylation is 1. The number of carbonyl (C=O) groups is 2. The maximum Gasteiger partial charge on any atom is 0.406 e. The highest BCUT2D eigenvalue weighted by molar-refractivity contribution is 6.23. The van der Waals surface area contributed by atoms with E-state index in [1.165, 1.54) is 17.7 Å². The number of anilines is 1. The molecule has 1 aromatic heterocycles. The second kappa shape index (κ2) is 7.17. The van der Waals surface area contributed by atoms with Gasteiger partial charge in [-0.25, -0.2) is 10.4 Å². The van der Waals surface area contributed by atoms with E-state index >= 15 is 0 Å². The summed E-state index contributed by atoms with van der Waals surface area (Å²) in [6.07, 6.45) is -4.00. The van der Waals surface area contributed by atoms with Crippen molar-refractivity contribution < 1.29 is 22.8 Å². The number of fused-ring (bicyclic) bond motifs is 1. The molecule has 0 saturated carbocycles. The molecule has 2 aromatic rings. The number of amides is 2. The van der Waals surface area contributed by atoms with Gasteiger partial charge in [0.05, 0.1) is 5.92 Å². The Labute approximate surface area is 169 Å². The minimum absolute atomic E-state index is 0.195. The monoisotopic (exact) mass is 420 g/mol. The smallest absolute Gasteiger partial charge is 0.366 e. The lowest BCUT2D eigenvalue weighted by molar-refractivity contribution is -0.161. The molecule has 11 heteroatoms. The predicted molar refractivity (Wildman–Crippen MR) is 100 cm³/mol. The van der Waals surface area contributed by atoms with Crippen LogP contribution in [0.15, 0.2) is 53.9 Å². The quantitative estimate of drug-likeness (QED) is 0.657. The van der Waals surface area contributed by atoms with Crippen LogP contribution in [0.1, 0.15) is 18.4 Å². The van der Waals surface area contributed by atoms with Crippen LogP contribution in [0.4, 0.5) is 19.0 Å². The van der Waals surface area contributed by atoms with Crippen LogP contribution in [0.2, 0.25) is 0 Å². The summed E-state index contributed by atoms with van der Waals surface area (Å²) in [6, 6.07) is 7.71. The maximum absolute atomic E-state index is 13.8. The number of benzene rings is 1. The van der Waals surface area contributed by atoms with E-state index in [-0.39, 0.29) is 17.1 Å². The van der Waals surface area contributed by atoms with Gasteiger partial charge >= 0.3 is 6.18 Å². The summed E-state index contributed by atoms with van der Waals surface area (Å²) in [5.74, 6) is -2.46. The van der Waals surface area contributed by atoms with E-state index < -0.39 is 36.1 Å². The van der Waals surface area contributed by atoms with E-state index in [2.05, 4.69) is 21.2 Å². The lowest BCUT2D eigenvalue weighted by Gasteiger charge is -2.34. The Morgan fingerprint density at radius 2 is 1.90 bits per heavy atom. The van der Waals surface area contributed by atoms with Crippen molar-refractivity contribution in [3.63, 3.8) is 0 Å². The predicted octanol–water partition coefficient (Wildman–Crippen LogP) is 1.62. The molecule has 1 fully saturated rings. The first-order valence-electron chi connectivity index (χ1n) is 9.16. The third-order valence-electron chi connectivity index (χ3n) is 5.15. The first-order chi connectivity index (χ1) is 14.2. The molecule has 158 valence electrons. The van der Waals surface area contributed by atoms with Gasteiger partial charge < -0.3 is 10.6 Å². The van der Waals surface area contributed by atoms with Crippen LogP contribution in [-0.2, 0) is 16.6 Å². The molecule has 0 radical (unpaired) electrons. The van der Waals surface area contributed by atoms with E-state index in [1.54, 1.807) is 43.6 Å². The minimum Gasteiger partial charge on any atom is -0.366 e. The molecule has 2 aliphatic heterocycles. The molecule has 0 bridgehead atoms. The molecule has 3 unspecified atom stereocenters. The molecule has 1 saturated heterocycles. The zero-order valence-corrected chi connectivity index (χ0v) is 16.1.